The van der Waals surface area contributed by atoms with Gasteiger partial charge in [0.25, 0.3) is 0 Å². The van der Waals surface area contributed by atoms with Crippen LogP contribution in [-0.2, 0) is 33.2 Å². The van der Waals surface area contributed by atoms with Crippen molar-refractivity contribution in [2.24, 2.45) is 0 Å². The lowest BCUT2D eigenvalue weighted by Gasteiger charge is -2.48. The van der Waals surface area contributed by atoms with Crippen LogP contribution in [0.15, 0.2) is 72.9 Å². The zero-order valence-electron chi connectivity index (χ0n) is 45.2. The van der Waals surface area contributed by atoms with Gasteiger partial charge < -0.3 is 89.9 Å². The largest absolute Gasteiger partial charge is 0.394 e. The second-order valence-electron chi connectivity index (χ2n) is 20.0. The van der Waals surface area contributed by atoms with Crippen molar-refractivity contribution in [1.82, 2.24) is 5.32 Å². The summed E-state index contributed by atoms with van der Waals surface area (Å²) in [4.78, 5) is 13.3. The van der Waals surface area contributed by atoms with Crippen molar-refractivity contribution in [3.8, 4) is 0 Å². The predicted molar refractivity (Wildman–Crippen MR) is 286 cm³/mol. The van der Waals surface area contributed by atoms with Crippen LogP contribution in [0, 0.1) is 0 Å². The maximum absolute atomic E-state index is 13.3. The summed E-state index contributed by atoms with van der Waals surface area (Å²) in [6.07, 6.45) is 18.7. The number of rotatable bonds is 39. The van der Waals surface area contributed by atoms with E-state index in [0.29, 0.717) is 25.7 Å². The average molecular weight is 1080 g/mol. The normalized spacial score (nSPS) is 31.5. The van der Waals surface area contributed by atoms with Crippen molar-refractivity contribution in [3.05, 3.63) is 72.9 Å². The molecule has 3 fully saturated rings. The Morgan fingerprint density at radius 1 is 0.487 bits per heavy atom. The van der Waals surface area contributed by atoms with E-state index in [1.54, 1.807) is 0 Å². The van der Waals surface area contributed by atoms with Gasteiger partial charge in [0.05, 0.1) is 38.6 Å². The highest BCUT2D eigenvalue weighted by molar-refractivity contribution is 5.76. The number of carbonyl (C=O) groups is 1. The number of ether oxygens (including phenoxy) is 6. The Morgan fingerprint density at radius 2 is 0.882 bits per heavy atom. The highest BCUT2D eigenvalue weighted by Gasteiger charge is 2.53. The molecule has 3 rings (SSSR count). The molecule has 19 nitrogen and oxygen atoms in total. The Hall–Kier alpha value is -2.77. The highest BCUT2D eigenvalue weighted by atomic mass is 16.8. The molecule has 0 saturated carbocycles. The molecular formula is C57H97NO18. The van der Waals surface area contributed by atoms with Gasteiger partial charge >= 0.3 is 0 Å². The van der Waals surface area contributed by atoms with E-state index in [-0.39, 0.29) is 18.9 Å². The minimum Gasteiger partial charge on any atom is -0.394 e. The zero-order chi connectivity index (χ0) is 55.5. The minimum atomic E-state index is -1.98. The molecule has 12 N–H and O–H groups in total. The van der Waals surface area contributed by atoms with E-state index >= 15 is 0 Å². The molecule has 1 amide bonds. The first-order valence-electron chi connectivity index (χ1n) is 28.2. The standard InChI is InChI=1S/C57H97NO18/c1-3-5-7-9-11-13-15-17-18-19-20-21-22-23-25-27-29-31-33-35-45(63)58-40(41(62)34-32-30-28-26-24-16-14-12-10-8-6-4-2)39-71-55-51(69)48(66)53(43(37-60)73-55)76-57-52(70)49(67)54(44(38-61)74-57)75-56-50(68)47(65)46(64)42(36-59)72-56/h5,7,11,13,17-18,20-21,23,25,29,31,40-44,46-57,59-62,64-70H,3-4,6,8-10,12,14-16,19,22,24,26-28,30,32-39H2,1-2H3,(H,58,63)/b7-5-,13-11-,18-17-,21-20-,25-23-,31-29-. The Bertz CT molecular complexity index is 1670. The first-order valence-corrected chi connectivity index (χ1v) is 28.2. The average Bonchev–Trinajstić information content (AvgIpc) is 3.42. The van der Waals surface area contributed by atoms with E-state index in [1.807, 2.05) is 12.2 Å². The van der Waals surface area contributed by atoms with Gasteiger partial charge in [0.1, 0.15) is 73.2 Å². The van der Waals surface area contributed by atoms with Crippen molar-refractivity contribution < 1.29 is 89.4 Å². The van der Waals surface area contributed by atoms with Crippen LogP contribution in [0.4, 0.5) is 0 Å². The maximum atomic E-state index is 13.3. The van der Waals surface area contributed by atoms with Gasteiger partial charge in [0.2, 0.25) is 5.91 Å². The molecule has 3 heterocycles. The van der Waals surface area contributed by atoms with Crippen LogP contribution in [0.3, 0.4) is 0 Å². The molecule has 19 heteroatoms. The Labute approximate surface area is 451 Å². The molecule has 3 aliphatic heterocycles. The molecule has 17 atom stereocenters. The van der Waals surface area contributed by atoms with E-state index < -0.39 is 124 Å². The summed E-state index contributed by atoms with van der Waals surface area (Å²) in [5.41, 5.74) is 0. The second kappa shape index (κ2) is 40.4. The van der Waals surface area contributed by atoms with E-state index in [9.17, 15) is 61.0 Å². The van der Waals surface area contributed by atoms with Crippen LogP contribution in [0.2, 0.25) is 0 Å². The van der Waals surface area contributed by atoms with Crippen LogP contribution >= 0.6 is 0 Å². The minimum absolute atomic E-state index is 0.137. The number of aliphatic hydroxyl groups excluding tert-OH is 11. The Kier molecular flexibility index (Phi) is 35.9. The maximum Gasteiger partial charge on any atom is 0.220 e. The van der Waals surface area contributed by atoms with Crippen molar-refractivity contribution in [3.63, 3.8) is 0 Å². The number of carbonyl (C=O) groups excluding carboxylic acids is 1. The molecule has 0 spiro atoms. The lowest BCUT2D eigenvalue weighted by Crippen LogP contribution is -2.66. The van der Waals surface area contributed by atoms with Gasteiger partial charge in [-0.1, -0.05) is 164 Å². The Balaban J connectivity index is 1.54. The van der Waals surface area contributed by atoms with Gasteiger partial charge in [-0.15, -0.1) is 0 Å². The van der Waals surface area contributed by atoms with Crippen molar-refractivity contribution in [2.75, 3.05) is 26.4 Å². The third kappa shape index (κ3) is 24.7. The summed E-state index contributed by atoms with van der Waals surface area (Å²) in [5, 5.41) is 120. The fourth-order valence-corrected chi connectivity index (χ4v) is 9.16. The number of allylic oxidation sites excluding steroid dienone is 12. The molecule has 0 aromatic heterocycles. The molecule has 17 unspecified atom stereocenters. The third-order valence-corrected chi connectivity index (χ3v) is 13.8. The fraction of sp³-hybridized carbons (Fsp3) is 0.772. The monoisotopic (exact) mass is 1080 g/mol. The predicted octanol–water partition coefficient (Wildman–Crippen LogP) is 3.87. The first-order chi connectivity index (χ1) is 36.8. The molecule has 438 valence electrons. The SMILES string of the molecule is CC/C=C\C/C=C\C/C=C\C/C=C\C/C=C\C/C=C\CCC(=O)NC(COC1OC(CO)C(OC2OC(CO)C(OC3OC(CO)C(O)C(O)C3O)C(O)C2O)C(O)C1O)C(O)CCCCCCCCCCCCCC. The number of amides is 1. The van der Waals surface area contributed by atoms with Crippen LogP contribution in [0.25, 0.3) is 0 Å². The number of hydrogen-bond acceptors (Lipinski definition) is 18. The van der Waals surface area contributed by atoms with Gasteiger partial charge in [0, 0.05) is 6.42 Å². The molecular weight excluding hydrogens is 987 g/mol. The van der Waals surface area contributed by atoms with Crippen LogP contribution in [0.1, 0.15) is 149 Å². The number of hydrogen-bond donors (Lipinski definition) is 12. The summed E-state index contributed by atoms with van der Waals surface area (Å²) >= 11 is 0. The van der Waals surface area contributed by atoms with Gasteiger partial charge in [-0.2, -0.15) is 0 Å². The van der Waals surface area contributed by atoms with Crippen LogP contribution in [0.5, 0.6) is 0 Å². The number of unbranched alkanes of at least 4 members (excludes halogenated alkanes) is 11. The van der Waals surface area contributed by atoms with E-state index in [4.69, 9.17) is 28.4 Å². The highest BCUT2D eigenvalue weighted by Crippen LogP contribution is 2.33. The van der Waals surface area contributed by atoms with Crippen LogP contribution in [-0.4, -0.2) is 193 Å². The Morgan fingerprint density at radius 3 is 1.34 bits per heavy atom. The quantitative estimate of drug-likeness (QED) is 0.0307. The van der Waals surface area contributed by atoms with Crippen molar-refractivity contribution in [2.45, 2.75) is 253 Å². The van der Waals surface area contributed by atoms with Crippen LogP contribution < -0.4 is 5.32 Å². The summed E-state index contributed by atoms with van der Waals surface area (Å²) < 4.78 is 34.2. The summed E-state index contributed by atoms with van der Waals surface area (Å²) in [5.74, 6) is -0.330. The third-order valence-electron chi connectivity index (χ3n) is 13.8. The van der Waals surface area contributed by atoms with E-state index in [2.05, 4.69) is 79.9 Å². The number of nitrogens with one attached hydrogen (secondary N) is 1. The fourth-order valence-electron chi connectivity index (χ4n) is 9.16. The molecule has 0 aliphatic carbocycles. The molecule has 3 saturated heterocycles. The molecule has 0 bridgehead atoms. The topological polar surface area (TPSA) is 307 Å². The number of aliphatic hydroxyl groups is 11. The van der Waals surface area contributed by atoms with Crippen molar-refractivity contribution >= 4 is 5.91 Å². The molecule has 0 aromatic carbocycles. The van der Waals surface area contributed by atoms with E-state index in [0.717, 1.165) is 51.4 Å². The second-order valence-corrected chi connectivity index (χ2v) is 20.0. The molecule has 0 aromatic rings. The lowest BCUT2D eigenvalue weighted by atomic mass is 9.96. The van der Waals surface area contributed by atoms with Gasteiger partial charge in [-0.3, -0.25) is 4.79 Å². The summed E-state index contributed by atoms with van der Waals surface area (Å²) in [6, 6.07) is -0.930. The first kappa shape index (κ1) is 67.5. The smallest absolute Gasteiger partial charge is 0.220 e. The zero-order valence-corrected chi connectivity index (χ0v) is 45.2. The molecule has 3 aliphatic rings. The van der Waals surface area contributed by atoms with Gasteiger partial charge in [-0.05, 0) is 51.4 Å². The summed E-state index contributed by atoms with van der Waals surface area (Å²) in [6.45, 7) is 1.57. The van der Waals surface area contributed by atoms with E-state index in [1.165, 1.54) is 51.4 Å². The summed E-state index contributed by atoms with van der Waals surface area (Å²) in [7, 11) is 0. The van der Waals surface area contributed by atoms with Gasteiger partial charge in [0.15, 0.2) is 18.9 Å². The van der Waals surface area contributed by atoms with Crippen molar-refractivity contribution in [1.29, 1.82) is 0 Å². The lowest BCUT2D eigenvalue weighted by molar-refractivity contribution is -0.379. The molecule has 76 heavy (non-hydrogen) atoms. The van der Waals surface area contributed by atoms with Gasteiger partial charge in [-0.25, -0.2) is 0 Å². The molecule has 0 radical (unpaired) electrons.